The summed E-state index contributed by atoms with van der Waals surface area (Å²) in [5, 5.41) is 21.3. The largest absolute Gasteiger partial charge is 0.507 e. The number of benzene rings is 3. The molecule has 1 unspecified atom stereocenters. The molecular formula is C25H23NO5. The number of aromatic hydroxyl groups is 1. The number of carbonyl (C=O) groups excluding carboxylic acids is 2. The predicted octanol–water partition coefficient (Wildman–Crippen LogP) is 3.59. The van der Waals surface area contributed by atoms with Crippen molar-refractivity contribution in [3.8, 4) is 11.5 Å². The van der Waals surface area contributed by atoms with Crippen molar-refractivity contribution in [2.45, 2.75) is 18.9 Å². The number of carbonyl (C=O) groups is 2. The zero-order valence-electron chi connectivity index (χ0n) is 17.1. The fourth-order valence-corrected chi connectivity index (χ4v) is 3.90. The molecule has 0 saturated carbocycles. The first kappa shape index (κ1) is 20.6. The van der Waals surface area contributed by atoms with Gasteiger partial charge in [0.2, 0.25) is 0 Å². The average Bonchev–Trinajstić information content (AvgIpc) is 2.97. The summed E-state index contributed by atoms with van der Waals surface area (Å²) < 4.78 is 5.82. The molecule has 1 atom stereocenters. The van der Waals surface area contributed by atoms with Crippen LogP contribution in [0.2, 0.25) is 0 Å². The van der Waals surface area contributed by atoms with Crippen LogP contribution < -0.4 is 9.64 Å². The third-order valence-electron chi connectivity index (χ3n) is 5.53. The van der Waals surface area contributed by atoms with Crippen molar-refractivity contribution in [3.63, 3.8) is 0 Å². The van der Waals surface area contributed by atoms with Crippen LogP contribution in [0.1, 0.15) is 27.9 Å². The van der Waals surface area contributed by atoms with Gasteiger partial charge in [-0.2, -0.15) is 0 Å². The Kier molecular flexibility index (Phi) is 5.48. The smallest absolute Gasteiger partial charge is 0.264 e. The molecule has 3 aromatic carbocycles. The quantitative estimate of drug-likeness (QED) is 0.574. The number of hydrogen-bond donors (Lipinski definition) is 2. The van der Waals surface area contributed by atoms with E-state index < -0.39 is 23.7 Å². The Hall–Kier alpha value is -3.64. The number of aliphatic hydroxyl groups is 1. The number of phenols is 1. The van der Waals surface area contributed by atoms with Crippen molar-refractivity contribution in [1.29, 1.82) is 0 Å². The highest BCUT2D eigenvalue weighted by Crippen LogP contribution is 2.43. The molecule has 4 rings (SSSR count). The maximum Gasteiger partial charge on any atom is 0.264 e. The number of anilines is 1. The number of aryl methyl sites for hydroxylation is 1. The van der Waals surface area contributed by atoms with Gasteiger partial charge in [0.15, 0.2) is 11.4 Å². The van der Waals surface area contributed by atoms with Crippen LogP contribution in [0, 0.1) is 6.92 Å². The maximum absolute atomic E-state index is 13.3. The molecule has 0 saturated heterocycles. The molecule has 6 nitrogen and oxygen atoms in total. The van der Waals surface area contributed by atoms with E-state index >= 15 is 0 Å². The second kappa shape index (κ2) is 8.24. The van der Waals surface area contributed by atoms with Crippen LogP contribution in [0.25, 0.3) is 0 Å². The Balaban J connectivity index is 1.56. The molecule has 6 heteroatoms. The van der Waals surface area contributed by atoms with Gasteiger partial charge in [-0.1, -0.05) is 48.5 Å². The van der Waals surface area contributed by atoms with Gasteiger partial charge in [-0.25, -0.2) is 0 Å². The lowest BCUT2D eigenvalue weighted by atomic mass is 9.88. The molecule has 1 aliphatic heterocycles. The lowest BCUT2D eigenvalue weighted by Crippen LogP contribution is -2.43. The summed E-state index contributed by atoms with van der Waals surface area (Å²) in [5.41, 5.74) is -0.0189. The Labute approximate surface area is 180 Å². The van der Waals surface area contributed by atoms with Crippen molar-refractivity contribution in [3.05, 3.63) is 89.5 Å². The van der Waals surface area contributed by atoms with Crippen molar-refractivity contribution in [2.24, 2.45) is 0 Å². The van der Waals surface area contributed by atoms with Gasteiger partial charge in [-0.3, -0.25) is 9.59 Å². The van der Waals surface area contributed by atoms with Crippen LogP contribution >= 0.6 is 0 Å². The minimum Gasteiger partial charge on any atom is -0.507 e. The third-order valence-corrected chi connectivity index (χ3v) is 5.53. The van der Waals surface area contributed by atoms with E-state index in [1.165, 1.54) is 17.0 Å². The number of fused-ring (bicyclic) bond motifs is 1. The van der Waals surface area contributed by atoms with E-state index in [1.807, 2.05) is 31.2 Å². The molecule has 1 aliphatic rings. The highest BCUT2D eigenvalue weighted by Gasteiger charge is 2.50. The number of para-hydroxylation sites is 3. The van der Waals surface area contributed by atoms with E-state index in [0.29, 0.717) is 11.3 Å². The zero-order valence-corrected chi connectivity index (χ0v) is 17.1. The van der Waals surface area contributed by atoms with Crippen molar-refractivity contribution >= 4 is 17.4 Å². The molecule has 0 fully saturated rings. The number of nitrogens with zero attached hydrogens (tertiary/aromatic N) is 1. The molecule has 1 heterocycles. The Morgan fingerprint density at radius 1 is 1.00 bits per heavy atom. The Morgan fingerprint density at radius 3 is 2.45 bits per heavy atom. The lowest BCUT2D eigenvalue weighted by molar-refractivity contribution is -0.135. The van der Waals surface area contributed by atoms with Crippen molar-refractivity contribution < 1.29 is 24.5 Å². The minimum atomic E-state index is -2.00. The fourth-order valence-electron chi connectivity index (χ4n) is 3.90. The molecule has 3 aromatic rings. The summed E-state index contributed by atoms with van der Waals surface area (Å²) >= 11 is 0. The monoisotopic (exact) mass is 417 g/mol. The van der Waals surface area contributed by atoms with Gasteiger partial charge in [0.1, 0.15) is 18.1 Å². The highest BCUT2D eigenvalue weighted by atomic mass is 16.5. The Morgan fingerprint density at radius 2 is 1.68 bits per heavy atom. The fraction of sp³-hybridized carbons (Fsp3) is 0.200. The molecule has 0 bridgehead atoms. The zero-order chi connectivity index (χ0) is 22.0. The normalized spacial score (nSPS) is 17.5. The van der Waals surface area contributed by atoms with Gasteiger partial charge >= 0.3 is 0 Å². The van der Waals surface area contributed by atoms with E-state index in [-0.39, 0.29) is 24.5 Å². The van der Waals surface area contributed by atoms with Gasteiger partial charge in [0, 0.05) is 5.56 Å². The van der Waals surface area contributed by atoms with Crippen LogP contribution in [-0.4, -0.2) is 35.1 Å². The van der Waals surface area contributed by atoms with Crippen LogP contribution in [0.5, 0.6) is 11.5 Å². The van der Waals surface area contributed by atoms with Crippen LogP contribution in [-0.2, 0) is 10.4 Å². The number of amides is 1. The first-order valence-corrected chi connectivity index (χ1v) is 10.1. The topological polar surface area (TPSA) is 87.1 Å². The van der Waals surface area contributed by atoms with Gasteiger partial charge in [-0.15, -0.1) is 0 Å². The van der Waals surface area contributed by atoms with Crippen LogP contribution in [0.15, 0.2) is 72.8 Å². The van der Waals surface area contributed by atoms with E-state index in [0.717, 1.165) is 11.3 Å². The molecule has 0 radical (unpaired) electrons. The Bertz CT molecular complexity index is 1140. The molecule has 158 valence electrons. The summed E-state index contributed by atoms with van der Waals surface area (Å²) in [6.45, 7) is 2.39. The van der Waals surface area contributed by atoms with Gasteiger partial charge in [0.05, 0.1) is 24.2 Å². The second-order valence-corrected chi connectivity index (χ2v) is 7.57. The summed E-state index contributed by atoms with van der Waals surface area (Å²) in [4.78, 5) is 27.5. The van der Waals surface area contributed by atoms with Gasteiger partial charge in [0.25, 0.3) is 5.91 Å². The molecule has 0 aliphatic carbocycles. The second-order valence-electron chi connectivity index (χ2n) is 7.57. The molecule has 31 heavy (non-hydrogen) atoms. The summed E-state index contributed by atoms with van der Waals surface area (Å²) in [6, 6.07) is 20.6. The van der Waals surface area contributed by atoms with Gasteiger partial charge < -0.3 is 19.8 Å². The molecule has 2 N–H and O–H groups in total. The number of ketones is 1. The van der Waals surface area contributed by atoms with E-state index in [2.05, 4.69) is 0 Å². The third kappa shape index (κ3) is 3.78. The lowest BCUT2D eigenvalue weighted by Gasteiger charge is -2.23. The average molecular weight is 417 g/mol. The summed E-state index contributed by atoms with van der Waals surface area (Å²) in [5.74, 6) is -0.543. The maximum atomic E-state index is 13.3. The molecule has 0 aromatic heterocycles. The molecular weight excluding hydrogens is 394 g/mol. The minimum absolute atomic E-state index is 0.0718. The first-order chi connectivity index (χ1) is 14.9. The van der Waals surface area contributed by atoms with E-state index in [1.54, 1.807) is 36.4 Å². The van der Waals surface area contributed by atoms with Crippen LogP contribution in [0.3, 0.4) is 0 Å². The molecule has 0 spiro atoms. The first-order valence-electron chi connectivity index (χ1n) is 10.1. The standard InChI is InChI=1S/C25H23NO5/c1-17-8-2-7-13-23(17)31-15-14-26-20-11-5-4-10-19(20)25(30,24(26)29)16-22(28)18-9-3-6-12-21(18)27/h2-13,27,30H,14-16H2,1H3. The number of rotatable bonds is 7. The summed E-state index contributed by atoms with van der Waals surface area (Å²) in [6.07, 6.45) is -0.463. The van der Waals surface area contributed by atoms with E-state index in [9.17, 15) is 19.8 Å². The van der Waals surface area contributed by atoms with Gasteiger partial charge in [-0.05, 0) is 36.8 Å². The SMILES string of the molecule is Cc1ccccc1OCCN1C(=O)C(O)(CC(=O)c2ccccc2O)c2ccccc21. The highest BCUT2D eigenvalue weighted by molar-refractivity contribution is 6.11. The molecule has 1 amide bonds. The predicted molar refractivity (Wildman–Crippen MR) is 116 cm³/mol. The number of ether oxygens (including phenoxy) is 1. The van der Waals surface area contributed by atoms with Crippen molar-refractivity contribution in [1.82, 2.24) is 0 Å². The number of phenolic OH excluding ortho intramolecular Hbond substituents is 1. The van der Waals surface area contributed by atoms with Crippen LogP contribution in [0.4, 0.5) is 5.69 Å². The summed E-state index contributed by atoms with van der Waals surface area (Å²) in [7, 11) is 0. The van der Waals surface area contributed by atoms with E-state index in [4.69, 9.17) is 4.74 Å². The van der Waals surface area contributed by atoms with Crippen molar-refractivity contribution in [2.75, 3.05) is 18.1 Å². The number of Topliss-reactive ketones (excluding diaryl/α,β-unsaturated/α-hetero) is 1. The number of hydrogen-bond acceptors (Lipinski definition) is 5.